The Hall–Kier alpha value is 0.470. The Bertz CT molecular complexity index is 591. The lowest BCUT2D eigenvalue weighted by Crippen LogP contribution is -2.50. The molecule has 3 fully saturated rings. The third-order valence-corrected chi connectivity index (χ3v) is 11.3. The summed E-state index contributed by atoms with van der Waals surface area (Å²) in [5, 5.41) is 0. The minimum atomic E-state index is 0.548. The van der Waals surface area contributed by atoms with E-state index in [9.17, 15) is 0 Å². The summed E-state index contributed by atoms with van der Waals surface area (Å²) in [6.07, 6.45) is 18.9. The van der Waals surface area contributed by atoms with Crippen molar-refractivity contribution in [1.29, 1.82) is 0 Å². The highest BCUT2D eigenvalue weighted by molar-refractivity contribution is 14.1. The van der Waals surface area contributed by atoms with E-state index < -0.39 is 0 Å². The first-order valence-electron chi connectivity index (χ1n) is 12.6. The Morgan fingerprint density at radius 3 is 2.54 bits per heavy atom. The molecule has 0 aromatic carbocycles. The molecule has 160 valence electrons. The maximum Gasteiger partial charge on any atom is 0.0147 e. The number of hydrogen-bond acceptors (Lipinski definition) is 0. The van der Waals surface area contributed by atoms with Gasteiger partial charge in [-0.3, -0.25) is 0 Å². The maximum atomic E-state index is 2.75. The maximum absolute atomic E-state index is 2.75. The molecular weight excluding hydrogens is 451 g/mol. The van der Waals surface area contributed by atoms with Crippen molar-refractivity contribution >= 4 is 22.6 Å². The van der Waals surface area contributed by atoms with E-state index >= 15 is 0 Å². The number of allylic oxidation sites excluding steroid dienone is 2. The van der Waals surface area contributed by atoms with Crippen LogP contribution in [0.2, 0.25) is 0 Å². The van der Waals surface area contributed by atoms with E-state index in [-0.39, 0.29) is 0 Å². The summed E-state index contributed by atoms with van der Waals surface area (Å²) >= 11 is 2.71. The molecule has 4 rings (SSSR count). The van der Waals surface area contributed by atoms with Gasteiger partial charge in [-0.25, -0.2) is 0 Å². The summed E-state index contributed by atoms with van der Waals surface area (Å²) in [7, 11) is 0. The Morgan fingerprint density at radius 2 is 1.79 bits per heavy atom. The van der Waals surface area contributed by atoms with Gasteiger partial charge in [0.1, 0.15) is 0 Å². The average Bonchev–Trinajstić information content (AvgIpc) is 2.99. The van der Waals surface area contributed by atoms with Crippen molar-refractivity contribution in [1.82, 2.24) is 0 Å². The number of fused-ring (bicyclic) bond motifs is 5. The van der Waals surface area contributed by atoms with Crippen molar-refractivity contribution in [3.63, 3.8) is 0 Å². The minimum Gasteiger partial charge on any atom is -0.0844 e. The molecule has 0 N–H and O–H groups in total. The highest BCUT2D eigenvalue weighted by Crippen LogP contribution is 2.67. The first-order valence-corrected chi connectivity index (χ1v) is 13.8. The summed E-state index contributed by atoms with van der Waals surface area (Å²) in [5.41, 5.74) is 3.05. The number of alkyl halides is 1. The molecule has 0 spiro atoms. The van der Waals surface area contributed by atoms with Gasteiger partial charge in [-0.1, -0.05) is 88.1 Å². The largest absolute Gasteiger partial charge is 0.0844 e. The molecule has 0 heterocycles. The molecule has 0 bridgehead atoms. The van der Waals surface area contributed by atoms with Crippen LogP contribution in [-0.2, 0) is 0 Å². The van der Waals surface area contributed by atoms with Gasteiger partial charge in [0.15, 0.2) is 0 Å². The molecule has 0 aromatic rings. The Kier molecular flexibility index (Phi) is 6.35. The lowest BCUT2D eigenvalue weighted by atomic mass is 9.47. The number of rotatable bonds is 5. The number of halogens is 1. The Labute approximate surface area is 189 Å². The van der Waals surface area contributed by atoms with Crippen LogP contribution in [0.4, 0.5) is 0 Å². The smallest absolute Gasteiger partial charge is 0.0147 e. The second-order valence-electron chi connectivity index (χ2n) is 12.1. The molecule has 0 saturated heterocycles. The molecule has 0 amide bonds. The third kappa shape index (κ3) is 3.66. The summed E-state index contributed by atoms with van der Waals surface area (Å²) in [6.45, 7) is 12.8. The molecule has 8 atom stereocenters. The van der Waals surface area contributed by atoms with Gasteiger partial charge in [0.05, 0.1) is 0 Å². The van der Waals surface area contributed by atoms with E-state index in [4.69, 9.17) is 0 Å². The summed E-state index contributed by atoms with van der Waals surface area (Å²) in [6, 6.07) is 0. The normalized spacial score (nSPS) is 46.5. The van der Waals surface area contributed by atoms with Crippen LogP contribution in [0.25, 0.3) is 0 Å². The third-order valence-electron chi connectivity index (χ3n) is 10.2. The van der Waals surface area contributed by atoms with Crippen LogP contribution < -0.4 is 0 Å². The van der Waals surface area contributed by atoms with Crippen molar-refractivity contribution in [2.75, 3.05) is 0 Å². The van der Waals surface area contributed by atoms with E-state index in [1.807, 2.05) is 5.57 Å². The van der Waals surface area contributed by atoms with Crippen LogP contribution in [0, 0.1) is 46.3 Å². The lowest BCUT2D eigenvalue weighted by Gasteiger charge is -2.58. The zero-order valence-electron chi connectivity index (χ0n) is 19.3. The summed E-state index contributed by atoms with van der Waals surface area (Å²) < 4.78 is 0.893. The predicted octanol–water partition coefficient (Wildman–Crippen LogP) is 8.83. The quantitative estimate of drug-likeness (QED) is 0.203. The fraction of sp³-hybridized carbons (Fsp3) is 0.926. The van der Waals surface area contributed by atoms with Crippen LogP contribution >= 0.6 is 22.6 Å². The van der Waals surface area contributed by atoms with E-state index in [0.29, 0.717) is 10.8 Å². The van der Waals surface area contributed by atoms with Crippen molar-refractivity contribution in [3.05, 3.63) is 11.6 Å². The SMILES string of the molecule is CC(C)CCCC(C)[C@H]1CCC2C3CC=C4CC(I)CC[C@]4(C)C3CC[C@@]21C. The molecule has 5 unspecified atom stereocenters. The number of hydrogen-bond donors (Lipinski definition) is 0. The summed E-state index contributed by atoms with van der Waals surface area (Å²) in [5.74, 6) is 5.79. The second-order valence-corrected chi connectivity index (χ2v) is 13.9. The predicted molar refractivity (Wildman–Crippen MR) is 131 cm³/mol. The van der Waals surface area contributed by atoms with Gasteiger partial charge in [0.2, 0.25) is 0 Å². The monoisotopic (exact) mass is 496 g/mol. The molecule has 1 heteroatoms. The topological polar surface area (TPSA) is 0 Å². The van der Waals surface area contributed by atoms with Crippen molar-refractivity contribution in [2.24, 2.45) is 46.3 Å². The van der Waals surface area contributed by atoms with Crippen LogP contribution in [0.1, 0.15) is 105 Å². The minimum absolute atomic E-state index is 0.548. The molecule has 0 radical (unpaired) electrons. The highest BCUT2D eigenvalue weighted by atomic mass is 127. The van der Waals surface area contributed by atoms with Crippen LogP contribution in [0.3, 0.4) is 0 Å². The van der Waals surface area contributed by atoms with Gasteiger partial charge < -0.3 is 0 Å². The standard InChI is InChI=1S/C27H45I/c1-18(2)7-6-8-19(3)23-11-12-24-22-10-9-20-17-21(28)13-15-26(20,4)25(22)14-16-27(23,24)5/h9,18-19,21-25H,6-8,10-17H2,1-5H3/t19?,21?,22?,23-,24?,25?,26+,27-/m1/s1. The molecule has 0 nitrogen and oxygen atoms in total. The molecule has 0 aliphatic heterocycles. The molecule has 3 saturated carbocycles. The fourth-order valence-corrected chi connectivity index (χ4v) is 9.43. The van der Waals surface area contributed by atoms with Crippen molar-refractivity contribution in [2.45, 2.75) is 109 Å². The van der Waals surface area contributed by atoms with Gasteiger partial charge in [-0.2, -0.15) is 0 Å². The second kappa shape index (κ2) is 8.19. The van der Waals surface area contributed by atoms with Crippen LogP contribution in [-0.4, -0.2) is 3.92 Å². The average molecular weight is 497 g/mol. The van der Waals surface area contributed by atoms with Gasteiger partial charge in [0, 0.05) is 3.92 Å². The van der Waals surface area contributed by atoms with E-state index in [2.05, 4.69) is 63.3 Å². The Balaban J connectivity index is 1.49. The fourth-order valence-electron chi connectivity index (χ4n) is 8.64. The van der Waals surface area contributed by atoms with Crippen molar-refractivity contribution in [3.8, 4) is 0 Å². The van der Waals surface area contributed by atoms with Gasteiger partial charge >= 0.3 is 0 Å². The van der Waals surface area contributed by atoms with Gasteiger partial charge in [-0.15, -0.1) is 0 Å². The molecule has 4 aliphatic rings. The first-order chi connectivity index (χ1) is 13.3. The zero-order valence-corrected chi connectivity index (χ0v) is 21.4. The lowest BCUT2D eigenvalue weighted by molar-refractivity contribution is -0.0495. The molecule has 0 aromatic heterocycles. The Morgan fingerprint density at radius 1 is 1.00 bits per heavy atom. The van der Waals surface area contributed by atoms with E-state index in [1.165, 1.54) is 70.6 Å². The zero-order chi connectivity index (χ0) is 20.1. The molecule has 28 heavy (non-hydrogen) atoms. The molecule has 4 aliphatic carbocycles. The van der Waals surface area contributed by atoms with E-state index in [1.54, 1.807) is 0 Å². The van der Waals surface area contributed by atoms with Crippen LogP contribution in [0.15, 0.2) is 11.6 Å². The first kappa shape index (κ1) is 21.7. The van der Waals surface area contributed by atoms with E-state index in [0.717, 1.165) is 39.4 Å². The van der Waals surface area contributed by atoms with Crippen LogP contribution in [0.5, 0.6) is 0 Å². The van der Waals surface area contributed by atoms with Crippen molar-refractivity contribution < 1.29 is 0 Å². The summed E-state index contributed by atoms with van der Waals surface area (Å²) in [4.78, 5) is 0. The highest BCUT2D eigenvalue weighted by Gasteiger charge is 2.58. The molecular formula is C27H45I. The van der Waals surface area contributed by atoms with Gasteiger partial charge in [0.25, 0.3) is 0 Å². The van der Waals surface area contributed by atoms with Gasteiger partial charge in [-0.05, 0) is 97.7 Å².